The quantitative estimate of drug-likeness (QED) is 0.367. The second-order valence-corrected chi connectivity index (χ2v) is 8.64. The van der Waals surface area contributed by atoms with Gasteiger partial charge in [-0.25, -0.2) is 9.67 Å². The van der Waals surface area contributed by atoms with E-state index in [2.05, 4.69) is 15.4 Å². The molecule has 8 heteroatoms. The molecule has 5 aromatic rings. The third-order valence-electron chi connectivity index (χ3n) is 5.12. The van der Waals surface area contributed by atoms with E-state index in [-0.39, 0.29) is 17.8 Å². The Morgan fingerprint density at radius 1 is 0.939 bits per heavy atom. The molecule has 0 atom stereocenters. The molecule has 0 aliphatic carbocycles. The standard InChI is InChI=1S/C25H17ClN4O2S/c26-18-12-10-17(11-13-18)21-15-33-25(27-21)28-23(31)22-19-8-4-5-9-20(19)24(32)30(29-22)14-16-6-2-1-3-7-16/h1-13,15H,14H2,(H,27,28,31). The molecule has 0 saturated heterocycles. The zero-order valence-electron chi connectivity index (χ0n) is 17.2. The van der Waals surface area contributed by atoms with Crippen LogP contribution in [0.15, 0.2) is 89.0 Å². The Hall–Kier alpha value is -3.81. The average molecular weight is 473 g/mol. The lowest BCUT2D eigenvalue weighted by atomic mass is 10.1. The number of thiazole rings is 1. The summed E-state index contributed by atoms with van der Waals surface area (Å²) in [5.41, 5.74) is 2.48. The first kappa shape index (κ1) is 21.1. The van der Waals surface area contributed by atoms with Crippen molar-refractivity contribution in [2.24, 2.45) is 0 Å². The number of hydrogen-bond acceptors (Lipinski definition) is 5. The molecular weight excluding hydrogens is 456 g/mol. The molecule has 0 aliphatic heterocycles. The summed E-state index contributed by atoms with van der Waals surface area (Å²) in [6.07, 6.45) is 0. The number of nitrogens with zero attached hydrogens (tertiary/aromatic N) is 3. The van der Waals surface area contributed by atoms with Crippen molar-refractivity contribution in [3.05, 3.63) is 111 Å². The Labute approximate surface area is 198 Å². The lowest BCUT2D eigenvalue weighted by molar-refractivity contribution is 0.102. The molecule has 6 nitrogen and oxygen atoms in total. The van der Waals surface area contributed by atoms with Crippen molar-refractivity contribution in [3.63, 3.8) is 0 Å². The molecule has 2 heterocycles. The number of amides is 1. The fourth-order valence-corrected chi connectivity index (χ4v) is 4.35. The van der Waals surface area contributed by atoms with Gasteiger partial charge in [0.05, 0.1) is 17.6 Å². The number of halogens is 1. The van der Waals surface area contributed by atoms with Crippen LogP contribution in [0.3, 0.4) is 0 Å². The van der Waals surface area contributed by atoms with Crippen molar-refractivity contribution in [1.82, 2.24) is 14.8 Å². The highest BCUT2D eigenvalue weighted by molar-refractivity contribution is 7.14. The maximum Gasteiger partial charge on any atom is 0.278 e. The van der Waals surface area contributed by atoms with E-state index in [9.17, 15) is 9.59 Å². The highest BCUT2D eigenvalue weighted by Gasteiger charge is 2.18. The van der Waals surface area contributed by atoms with Crippen LogP contribution in [0.2, 0.25) is 5.02 Å². The van der Waals surface area contributed by atoms with Gasteiger partial charge in [0.2, 0.25) is 0 Å². The van der Waals surface area contributed by atoms with Gasteiger partial charge >= 0.3 is 0 Å². The molecule has 0 fully saturated rings. The van der Waals surface area contributed by atoms with Crippen molar-refractivity contribution in [2.45, 2.75) is 6.54 Å². The molecule has 0 saturated carbocycles. The van der Waals surface area contributed by atoms with Gasteiger partial charge in [-0.05, 0) is 23.8 Å². The number of carbonyl (C=O) groups is 1. The number of fused-ring (bicyclic) bond motifs is 1. The number of hydrogen-bond donors (Lipinski definition) is 1. The van der Waals surface area contributed by atoms with Crippen LogP contribution >= 0.6 is 22.9 Å². The summed E-state index contributed by atoms with van der Waals surface area (Å²) in [4.78, 5) is 30.7. The molecule has 2 aromatic heterocycles. The minimum absolute atomic E-state index is 0.171. The van der Waals surface area contributed by atoms with Crippen molar-refractivity contribution in [1.29, 1.82) is 0 Å². The molecule has 0 bridgehead atoms. The van der Waals surface area contributed by atoms with E-state index in [0.29, 0.717) is 20.9 Å². The summed E-state index contributed by atoms with van der Waals surface area (Å²) >= 11 is 7.27. The number of carbonyl (C=O) groups excluding carboxylic acids is 1. The average Bonchev–Trinajstić information content (AvgIpc) is 3.30. The summed E-state index contributed by atoms with van der Waals surface area (Å²) < 4.78 is 1.33. The first-order valence-corrected chi connectivity index (χ1v) is 11.4. The molecule has 1 N–H and O–H groups in total. The number of aromatic nitrogens is 3. The van der Waals surface area contributed by atoms with Gasteiger partial charge < -0.3 is 0 Å². The topological polar surface area (TPSA) is 76.9 Å². The maximum absolute atomic E-state index is 13.2. The van der Waals surface area contributed by atoms with Gasteiger partial charge in [0.25, 0.3) is 11.5 Å². The van der Waals surface area contributed by atoms with Crippen LogP contribution in [-0.2, 0) is 6.54 Å². The molecule has 5 rings (SSSR count). The first-order chi connectivity index (χ1) is 16.1. The van der Waals surface area contributed by atoms with E-state index in [0.717, 1.165) is 16.8 Å². The van der Waals surface area contributed by atoms with E-state index >= 15 is 0 Å². The lowest BCUT2D eigenvalue weighted by Crippen LogP contribution is -2.28. The van der Waals surface area contributed by atoms with Crippen LogP contribution in [0.5, 0.6) is 0 Å². The van der Waals surface area contributed by atoms with Crippen LogP contribution < -0.4 is 10.9 Å². The summed E-state index contributed by atoms with van der Waals surface area (Å²) in [5, 5.41) is 11.1. The molecule has 1 amide bonds. The van der Waals surface area contributed by atoms with Crippen molar-refractivity contribution in [3.8, 4) is 11.3 Å². The number of nitrogens with one attached hydrogen (secondary N) is 1. The smallest absolute Gasteiger partial charge is 0.278 e. The van der Waals surface area contributed by atoms with Crippen molar-refractivity contribution < 1.29 is 4.79 Å². The minimum Gasteiger partial charge on any atom is -0.296 e. The third-order valence-corrected chi connectivity index (χ3v) is 6.13. The van der Waals surface area contributed by atoms with Crippen LogP contribution in [0.25, 0.3) is 22.0 Å². The van der Waals surface area contributed by atoms with E-state index < -0.39 is 5.91 Å². The van der Waals surface area contributed by atoms with Crippen LogP contribution in [0.4, 0.5) is 5.13 Å². The summed E-state index contributed by atoms with van der Waals surface area (Å²) in [6.45, 7) is 0.267. The largest absolute Gasteiger partial charge is 0.296 e. The van der Waals surface area contributed by atoms with Gasteiger partial charge in [0.15, 0.2) is 10.8 Å². The second-order valence-electron chi connectivity index (χ2n) is 7.34. The Morgan fingerprint density at radius 2 is 1.64 bits per heavy atom. The molecule has 3 aromatic carbocycles. The minimum atomic E-state index is -0.426. The Balaban J connectivity index is 1.49. The highest BCUT2D eigenvalue weighted by Crippen LogP contribution is 2.26. The number of anilines is 1. The lowest BCUT2D eigenvalue weighted by Gasteiger charge is -2.11. The second kappa shape index (κ2) is 8.97. The molecule has 0 spiro atoms. The van der Waals surface area contributed by atoms with Gasteiger partial charge in [-0.3, -0.25) is 14.9 Å². The molecule has 0 radical (unpaired) electrons. The fourth-order valence-electron chi connectivity index (χ4n) is 3.51. The summed E-state index contributed by atoms with van der Waals surface area (Å²) in [6, 6.07) is 23.9. The van der Waals surface area contributed by atoms with E-state index in [4.69, 9.17) is 11.6 Å². The van der Waals surface area contributed by atoms with E-state index in [1.807, 2.05) is 47.8 Å². The Morgan fingerprint density at radius 3 is 2.39 bits per heavy atom. The van der Waals surface area contributed by atoms with Crippen molar-refractivity contribution >= 4 is 44.7 Å². The maximum atomic E-state index is 13.2. The highest BCUT2D eigenvalue weighted by atomic mass is 35.5. The van der Waals surface area contributed by atoms with Crippen LogP contribution in [-0.4, -0.2) is 20.7 Å². The monoisotopic (exact) mass is 472 g/mol. The predicted molar refractivity (Wildman–Crippen MR) is 132 cm³/mol. The van der Waals surface area contributed by atoms with Gasteiger partial charge in [-0.1, -0.05) is 72.3 Å². The van der Waals surface area contributed by atoms with Gasteiger partial charge in [-0.15, -0.1) is 11.3 Å². The van der Waals surface area contributed by atoms with Gasteiger partial charge in [0.1, 0.15) is 0 Å². The van der Waals surface area contributed by atoms with Crippen LogP contribution in [0.1, 0.15) is 16.1 Å². The van der Waals surface area contributed by atoms with Crippen LogP contribution in [0, 0.1) is 0 Å². The Kier molecular flexibility index (Phi) is 5.73. The molecule has 33 heavy (non-hydrogen) atoms. The first-order valence-electron chi connectivity index (χ1n) is 10.1. The Bertz CT molecular complexity index is 1510. The predicted octanol–water partition coefficient (Wildman–Crippen LogP) is 5.47. The fraction of sp³-hybridized carbons (Fsp3) is 0.0400. The molecular formula is C25H17ClN4O2S. The third kappa shape index (κ3) is 4.41. The molecule has 0 aliphatic rings. The number of rotatable bonds is 5. The zero-order valence-corrected chi connectivity index (χ0v) is 18.8. The molecule has 162 valence electrons. The van der Waals surface area contributed by atoms with E-state index in [1.54, 1.807) is 36.4 Å². The van der Waals surface area contributed by atoms with E-state index in [1.165, 1.54) is 16.0 Å². The van der Waals surface area contributed by atoms with Crippen molar-refractivity contribution in [2.75, 3.05) is 5.32 Å². The zero-order chi connectivity index (χ0) is 22.8. The SMILES string of the molecule is O=C(Nc1nc(-c2ccc(Cl)cc2)cs1)c1nn(Cc2ccccc2)c(=O)c2ccccc12. The van der Waals surface area contributed by atoms with Gasteiger partial charge in [-0.2, -0.15) is 5.10 Å². The normalized spacial score (nSPS) is 10.9. The number of benzene rings is 3. The summed E-state index contributed by atoms with van der Waals surface area (Å²) in [7, 11) is 0. The summed E-state index contributed by atoms with van der Waals surface area (Å²) in [5.74, 6) is -0.426. The molecule has 0 unspecified atom stereocenters. The van der Waals surface area contributed by atoms with Gasteiger partial charge in [0, 0.05) is 21.4 Å².